The van der Waals surface area contributed by atoms with E-state index in [2.05, 4.69) is 17.1 Å². The van der Waals surface area contributed by atoms with Gasteiger partial charge in [-0.1, -0.05) is 0 Å². The van der Waals surface area contributed by atoms with Crippen LogP contribution in [-0.4, -0.2) is 65.1 Å². The van der Waals surface area contributed by atoms with Crippen molar-refractivity contribution in [3.8, 4) is 0 Å². The lowest BCUT2D eigenvalue weighted by atomic mass is 10.2. The molecule has 0 aliphatic rings. The third-order valence-electron chi connectivity index (χ3n) is 2.59. The minimum absolute atomic E-state index is 0.567. The SMILES string of the molecule is CNC(C)CCN(CCOC)CCOC. The minimum atomic E-state index is 0.567. The third-order valence-corrected chi connectivity index (χ3v) is 2.59. The highest BCUT2D eigenvalue weighted by Gasteiger charge is 2.06. The maximum Gasteiger partial charge on any atom is 0.0589 e. The Labute approximate surface area is 93.9 Å². The molecule has 0 aliphatic carbocycles. The average molecular weight is 218 g/mol. The number of nitrogens with one attached hydrogen (secondary N) is 1. The van der Waals surface area contributed by atoms with Crippen LogP contribution in [0.25, 0.3) is 0 Å². The molecule has 0 saturated carbocycles. The molecular weight excluding hydrogens is 192 g/mol. The highest BCUT2D eigenvalue weighted by molar-refractivity contribution is 4.63. The summed E-state index contributed by atoms with van der Waals surface area (Å²) in [7, 11) is 5.48. The van der Waals surface area contributed by atoms with E-state index < -0.39 is 0 Å². The smallest absolute Gasteiger partial charge is 0.0589 e. The zero-order valence-corrected chi connectivity index (χ0v) is 10.6. The van der Waals surface area contributed by atoms with Crippen molar-refractivity contribution < 1.29 is 9.47 Å². The van der Waals surface area contributed by atoms with Gasteiger partial charge < -0.3 is 14.8 Å². The van der Waals surface area contributed by atoms with E-state index in [0.29, 0.717) is 6.04 Å². The Morgan fingerprint density at radius 3 is 2.00 bits per heavy atom. The van der Waals surface area contributed by atoms with Gasteiger partial charge in [-0.05, 0) is 26.9 Å². The molecule has 0 aromatic heterocycles. The Kier molecular flexibility index (Phi) is 10.3. The van der Waals surface area contributed by atoms with Crippen LogP contribution < -0.4 is 5.32 Å². The number of rotatable bonds is 10. The van der Waals surface area contributed by atoms with Crippen LogP contribution in [0.3, 0.4) is 0 Å². The normalized spacial score (nSPS) is 13.4. The maximum absolute atomic E-state index is 5.09. The molecule has 1 atom stereocenters. The molecule has 0 amide bonds. The van der Waals surface area contributed by atoms with Crippen molar-refractivity contribution in [1.82, 2.24) is 10.2 Å². The molecule has 0 radical (unpaired) electrons. The molecule has 0 rings (SSSR count). The molecule has 0 heterocycles. The Bertz CT molecular complexity index is 126. The standard InChI is InChI=1S/C11H26N2O2/c1-11(12-2)5-6-13(7-9-14-3)8-10-15-4/h11-12H,5-10H2,1-4H3. The molecule has 0 bridgehead atoms. The van der Waals surface area contributed by atoms with Crippen molar-refractivity contribution in [2.75, 3.05) is 54.1 Å². The second kappa shape index (κ2) is 10.4. The van der Waals surface area contributed by atoms with Gasteiger partial charge >= 0.3 is 0 Å². The summed E-state index contributed by atoms with van der Waals surface area (Å²) in [5.74, 6) is 0. The predicted octanol–water partition coefficient (Wildman–Crippen LogP) is 0.579. The first-order valence-corrected chi connectivity index (χ1v) is 5.62. The summed E-state index contributed by atoms with van der Waals surface area (Å²) in [6.45, 7) is 6.83. The first kappa shape index (κ1) is 14.8. The molecule has 0 spiro atoms. The molecule has 0 aromatic carbocycles. The van der Waals surface area contributed by atoms with Crippen LogP contribution in [0.4, 0.5) is 0 Å². The van der Waals surface area contributed by atoms with Crippen LogP contribution in [0.15, 0.2) is 0 Å². The zero-order chi connectivity index (χ0) is 11.5. The van der Waals surface area contributed by atoms with Gasteiger partial charge in [0.15, 0.2) is 0 Å². The topological polar surface area (TPSA) is 33.7 Å². The maximum atomic E-state index is 5.09. The summed E-state index contributed by atoms with van der Waals surface area (Å²) in [6, 6.07) is 0.567. The van der Waals surface area contributed by atoms with Crippen LogP contribution in [-0.2, 0) is 9.47 Å². The summed E-state index contributed by atoms with van der Waals surface area (Å²) >= 11 is 0. The molecule has 4 heteroatoms. The molecule has 1 unspecified atom stereocenters. The molecule has 0 saturated heterocycles. The molecule has 4 nitrogen and oxygen atoms in total. The lowest BCUT2D eigenvalue weighted by Crippen LogP contribution is -2.35. The van der Waals surface area contributed by atoms with E-state index in [1.165, 1.54) is 0 Å². The van der Waals surface area contributed by atoms with E-state index in [-0.39, 0.29) is 0 Å². The lowest BCUT2D eigenvalue weighted by Gasteiger charge is -2.23. The lowest BCUT2D eigenvalue weighted by molar-refractivity contribution is 0.112. The Hall–Kier alpha value is -0.160. The number of ether oxygens (including phenoxy) is 2. The van der Waals surface area contributed by atoms with Crippen LogP contribution in [0.2, 0.25) is 0 Å². The van der Waals surface area contributed by atoms with Crippen LogP contribution >= 0.6 is 0 Å². The predicted molar refractivity (Wildman–Crippen MR) is 63.3 cm³/mol. The van der Waals surface area contributed by atoms with Crippen LogP contribution in [0, 0.1) is 0 Å². The molecule has 0 aliphatic heterocycles. The summed E-state index contributed by atoms with van der Waals surface area (Å²) in [4.78, 5) is 2.38. The third kappa shape index (κ3) is 8.81. The van der Waals surface area contributed by atoms with Crippen LogP contribution in [0.1, 0.15) is 13.3 Å². The Morgan fingerprint density at radius 2 is 1.60 bits per heavy atom. The number of hydrogen-bond donors (Lipinski definition) is 1. The van der Waals surface area contributed by atoms with Crippen molar-refractivity contribution in [3.05, 3.63) is 0 Å². The molecule has 1 N–H and O–H groups in total. The highest BCUT2D eigenvalue weighted by atomic mass is 16.5. The van der Waals surface area contributed by atoms with Gasteiger partial charge in [-0.3, -0.25) is 4.90 Å². The molecule has 0 fully saturated rings. The highest BCUT2D eigenvalue weighted by Crippen LogP contribution is 1.96. The number of hydrogen-bond acceptors (Lipinski definition) is 4. The van der Waals surface area contributed by atoms with Gasteiger partial charge in [0.25, 0.3) is 0 Å². The van der Waals surface area contributed by atoms with E-state index in [1.54, 1.807) is 14.2 Å². The molecular formula is C11H26N2O2. The minimum Gasteiger partial charge on any atom is -0.383 e. The second-order valence-corrected chi connectivity index (χ2v) is 3.81. The Balaban J connectivity index is 3.67. The van der Waals surface area contributed by atoms with E-state index in [9.17, 15) is 0 Å². The zero-order valence-electron chi connectivity index (χ0n) is 10.6. The van der Waals surface area contributed by atoms with Gasteiger partial charge in [0.2, 0.25) is 0 Å². The first-order chi connectivity index (χ1) is 7.24. The largest absolute Gasteiger partial charge is 0.383 e. The monoisotopic (exact) mass is 218 g/mol. The van der Waals surface area contributed by atoms with Crippen molar-refractivity contribution in [2.45, 2.75) is 19.4 Å². The van der Waals surface area contributed by atoms with Gasteiger partial charge in [0, 0.05) is 33.4 Å². The van der Waals surface area contributed by atoms with Crippen molar-refractivity contribution in [2.24, 2.45) is 0 Å². The summed E-state index contributed by atoms with van der Waals surface area (Å²) in [5.41, 5.74) is 0. The fourth-order valence-corrected chi connectivity index (χ4v) is 1.30. The van der Waals surface area contributed by atoms with Gasteiger partial charge in [-0.15, -0.1) is 0 Å². The van der Waals surface area contributed by atoms with Crippen molar-refractivity contribution >= 4 is 0 Å². The summed E-state index contributed by atoms with van der Waals surface area (Å²) < 4.78 is 10.2. The molecule has 15 heavy (non-hydrogen) atoms. The fraction of sp³-hybridized carbons (Fsp3) is 1.00. The van der Waals surface area contributed by atoms with Crippen molar-refractivity contribution in [3.63, 3.8) is 0 Å². The van der Waals surface area contributed by atoms with Gasteiger partial charge in [-0.25, -0.2) is 0 Å². The van der Waals surface area contributed by atoms with E-state index in [0.717, 1.165) is 39.3 Å². The number of nitrogens with zero attached hydrogens (tertiary/aromatic N) is 1. The van der Waals surface area contributed by atoms with Gasteiger partial charge in [0.05, 0.1) is 13.2 Å². The molecule has 0 aromatic rings. The van der Waals surface area contributed by atoms with Crippen LogP contribution in [0.5, 0.6) is 0 Å². The quantitative estimate of drug-likeness (QED) is 0.581. The average Bonchev–Trinajstić information content (AvgIpc) is 2.27. The van der Waals surface area contributed by atoms with E-state index >= 15 is 0 Å². The van der Waals surface area contributed by atoms with Gasteiger partial charge in [0.1, 0.15) is 0 Å². The molecule has 92 valence electrons. The summed E-state index contributed by atoms with van der Waals surface area (Å²) in [6.07, 6.45) is 1.16. The van der Waals surface area contributed by atoms with Crippen molar-refractivity contribution in [1.29, 1.82) is 0 Å². The first-order valence-electron chi connectivity index (χ1n) is 5.62. The van der Waals surface area contributed by atoms with Gasteiger partial charge in [-0.2, -0.15) is 0 Å². The Morgan fingerprint density at radius 1 is 1.07 bits per heavy atom. The van der Waals surface area contributed by atoms with E-state index in [1.807, 2.05) is 7.05 Å². The summed E-state index contributed by atoms with van der Waals surface area (Å²) in [5, 5.41) is 3.24. The number of methoxy groups -OCH3 is 2. The fourth-order valence-electron chi connectivity index (χ4n) is 1.30. The van der Waals surface area contributed by atoms with E-state index in [4.69, 9.17) is 9.47 Å². The second-order valence-electron chi connectivity index (χ2n) is 3.81.